The van der Waals surface area contributed by atoms with Crippen LogP contribution in [-0.4, -0.2) is 112 Å². The maximum absolute atomic E-state index is 13.2. The van der Waals surface area contributed by atoms with E-state index in [2.05, 4.69) is 20.4 Å². The molecule has 2 amide bonds. The van der Waals surface area contributed by atoms with Crippen LogP contribution in [0.4, 0.5) is 11.4 Å². The van der Waals surface area contributed by atoms with Crippen molar-refractivity contribution < 1.29 is 42.5 Å². The second-order valence-corrected chi connectivity index (χ2v) is 17.3. The number of para-hydroxylation sites is 2. The number of piperidine rings is 2. The van der Waals surface area contributed by atoms with E-state index in [1.807, 2.05) is 36.4 Å². The number of ether oxygens (including phenoxy) is 4. The topological polar surface area (TPSA) is 201 Å². The van der Waals surface area contributed by atoms with Crippen molar-refractivity contribution >= 4 is 80.3 Å². The number of esters is 2. The molecule has 5 aromatic rings. The van der Waals surface area contributed by atoms with E-state index in [9.17, 15) is 19.2 Å². The molecule has 0 aliphatic carbocycles. The van der Waals surface area contributed by atoms with Crippen molar-refractivity contribution in [3.05, 3.63) is 93.0 Å². The predicted octanol–water partition coefficient (Wildman–Crippen LogP) is 6.81. The zero-order valence-corrected chi connectivity index (χ0v) is 38.2. The minimum atomic E-state index is -0.531. The van der Waals surface area contributed by atoms with Crippen LogP contribution in [0.25, 0.3) is 21.9 Å². The molecular formula is C48H56Cl2N6O9. The quantitative estimate of drug-likeness (QED) is 0.0528. The Hall–Kier alpha value is -5.74. The van der Waals surface area contributed by atoms with Gasteiger partial charge in [-0.05, 0) is 61.8 Å². The second-order valence-electron chi connectivity index (χ2n) is 16.5. The highest BCUT2D eigenvalue weighted by molar-refractivity contribution is 6.34. The monoisotopic (exact) mass is 930 g/mol. The lowest BCUT2D eigenvalue weighted by molar-refractivity contribution is -0.122. The highest BCUT2D eigenvalue weighted by Gasteiger charge is 2.25. The summed E-state index contributed by atoms with van der Waals surface area (Å²) in [6, 6.07) is 18.1. The van der Waals surface area contributed by atoms with E-state index >= 15 is 0 Å². The molecular weight excluding hydrogens is 875 g/mol. The van der Waals surface area contributed by atoms with Gasteiger partial charge in [-0.15, -0.1) is 0 Å². The van der Waals surface area contributed by atoms with Crippen LogP contribution in [0.1, 0.15) is 70.4 Å². The number of nitrogen functional groups attached to an aromatic ring is 2. The average molecular weight is 932 g/mol. The van der Waals surface area contributed by atoms with E-state index < -0.39 is 11.9 Å². The fourth-order valence-corrected chi connectivity index (χ4v) is 8.84. The molecule has 7 rings (SSSR count). The largest absolute Gasteiger partial charge is 0.496 e. The Bertz CT molecular complexity index is 2350. The van der Waals surface area contributed by atoms with Crippen LogP contribution in [-0.2, 0) is 31.9 Å². The average Bonchev–Trinajstić information content (AvgIpc) is 3.70. The van der Waals surface area contributed by atoms with Crippen molar-refractivity contribution in [1.82, 2.24) is 20.4 Å². The minimum Gasteiger partial charge on any atom is -0.496 e. The van der Waals surface area contributed by atoms with Crippen molar-refractivity contribution in [2.45, 2.75) is 63.5 Å². The molecule has 346 valence electrons. The van der Waals surface area contributed by atoms with Crippen molar-refractivity contribution in [1.29, 1.82) is 0 Å². The number of methoxy groups -OCH3 is 2. The molecule has 65 heavy (non-hydrogen) atoms. The number of carbonyl (C=O) groups is 4. The summed E-state index contributed by atoms with van der Waals surface area (Å²) in [5, 5.41) is 8.89. The Morgan fingerprint density at radius 1 is 0.646 bits per heavy atom. The fraction of sp³-hybridized carbons (Fsp3) is 0.417. The van der Waals surface area contributed by atoms with Crippen molar-refractivity contribution in [3.8, 4) is 11.5 Å². The summed E-state index contributed by atoms with van der Waals surface area (Å²) in [5.41, 5.74) is 16.2. The van der Waals surface area contributed by atoms with Crippen LogP contribution < -0.4 is 31.6 Å². The smallest absolute Gasteiger partial charge is 0.342 e. The molecule has 2 saturated heterocycles. The van der Waals surface area contributed by atoms with Crippen LogP contribution in [0.2, 0.25) is 10.0 Å². The lowest BCUT2D eigenvalue weighted by Crippen LogP contribution is -2.45. The summed E-state index contributed by atoms with van der Waals surface area (Å²) >= 11 is 12.2. The zero-order chi connectivity index (χ0) is 46.0. The van der Waals surface area contributed by atoms with Crippen LogP contribution in [0.5, 0.6) is 11.5 Å². The molecule has 0 unspecified atom stereocenters. The van der Waals surface area contributed by atoms with Crippen LogP contribution in [0.15, 0.2) is 65.1 Å². The van der Waals surface area contributed by atoms with Gasteiger partial charge in [-0.3, -0.25) is 19.4 Å². The Kier molecular flexibility index (Phi) is 16.0. The number of hydrogen-bond acceptors (Lipinski definition) is 13. The molecule has 17 heteroatoms. The fourth-order valence-electron chi connectivity index (χ4n) is 8.51. The summed E-state index contributed by atoms with van der Waals surface area (Å²) < 4.78 is 28.0. The SMILES string of the molecule is COc1cc(N)c(Cl)cc1C(=O)OCCN1CCC(NC(=O)CCc2cccc3c2oc2c(CCC(=O)NC4CCN(CCOC(=O)c5cc(Cl)c(N)cc5OC)CC4)cccc23)CC1. The Morgan fingerprint density at radius 2 is 1.05 bits per heavy atom. The number of hydrogen-bond donors (Lipinski definition) is 4. The molecule has 4 aromatic carbocycles. The molecule has 0 radical (unpaired) electrons. The van der Waals surface area contributed by atoms with E-state index in [0.717, 1.165) is 84.9 Å². The molecule has 15 nitrogen and oxygen atoms in total. The Labute approximate surface area is 387 Å². The van der Waals surface area contributed by atoms with Gasteiger partial charge in [0.15, 0.2) is 0 Å². The predicted molar refractivity (Wildman–Crippen MR) is 251 cm³/mol. The lowest BCUT2D eigenvalue weighted by Gasteiger charge is -2.32. The summed E-state index contributed by atoms with van der Waals surface area (Å²) in [7, 11) is 2.91. The van der Waals surface area contributed by atoms with E-state index in [4.69, 9.17) is 58.0 Å². The van der Waals surface area contributed by atoms with Gasteiger partial charge in [-0.1, -0.05) is 59.6 Å². The third kappa shape index (κ3) is 11.9. The molecule has 1 aromatic heterocycles. The van der Waals surface area contributed by atoms with Gasteiger partial charge in [-0.2, -0.15) is 0 Å². The number of nitrogens with zero attached hydrogens (tertiary/aromatic N) is 2. The van der Waals surface area contributed by atoms with Gasteiger partial charge in [-0.25, -0.2) is 9.59 Å². The number of carbonyl (C=O) groups excluding carboxylic acids is 4. The van der Waals surface area contributed by atoms with Crippen molar-refractivity contribution in [2.75, 3.05) is 78.2 Å². The van der Waals surface area contributed by atoms with Gasteiger partial charge < -0.3 is 45.5 Å². The first-order valence-electron chi connectivity index (χ1n) is 22.0. The molecule has 0 spiro atoms. The van der Waals surface area contributed by atoms with E-state index in [0.29, 0.717) is 61.6 Å². The summed E-state index contributed by atoms with van der Waals surface area (Å²) in [5.74, 6) is -0.475. The number of likely N-dealkylation sites (tertiary alicyclic amines) is 2. The first-order chi connectivity index (χ1) is 31.4. The molecule has 2 aliphatic heterocycles. The van der Waals surface area contributed by atoms with Crippen LogP contribution in [0, 0.1) is 0 Å². The van der Waals surface area contributed by atoms with E-state index in [-0.39, 0.29) is 58.3 Å². The minimum absolute atomic E-state index is 0.0117. The molecule has 0 saturated carbocycles. The number of nitrogens with two attached hydrogens (primary N) is 2. The van der Waals surface area contributed by atoms with Crippen molar-refractivity contribution in [3.63, 3.8) is 0 Å². The number of amides is 2. The third-order valence-corrected chi connectivity index (χ3v) is 12.8. The second kappa shape index (κ2) is 22.0. The van der Waals surface area contributed by atoms with Gasteiger partial charge in [0.25, 0.3) is 0 Å². The third-order valence-electron chi connectivity index (χ3n) is 12.2. The van der Waals surface area contributed by atoms with Gasteiger partial charge >= 0.3 is 11.9 Å². The molecule has 0 atom stereocenters. The number of rotatable bonds is 18. The maximum atomic E-state index is 13.2. The lowest BCUT2D eigenvalue weighted by atomic mass is 10.0. The van der Waals surface area contributed by atoms with Crippen LogP contribution in [0.3, 0.4) is 0 Å². The van der Waals surface area contributed by atoms with Gasteiger partial charge in [0.05, 0.1) is 35.6 Å². The molecule has 6 N–H and O–H groups in total. The standard InChI is InChI=1S/C48H56Cl2N6O9/c1-61-41-27-39(51)37(49)25-35(41)47(59)63-23-21-55-17-13-31(14-18-55)53-43(57)11-9-29-5-3-7-33-34-8-4-6-30(46(34)65-45(29)33)10-12-44(58)54-32-15-19-56(20-16-32)22-24-64-48(60)36-26-38(50)40(52)28-42(36)62-2/h3-8,25-28,31-32H,9-24,51-52H2,1-2H3,(H,53,57)(H,54,58). The highest BCUT2D eigenvalue weighted by atomic mass is 35.5. The summed E-state index contributed by atoms with van der Waals surface area (Å²) in [4.78, 5) is 56.1. The summed E-state index contributed by atoms with van der Waals surface area (Å²) in [6.07, 6.45) is 4.85. The highest BCUT2D eigenvalue weighted by Crippen LogP contribution is 2.34. The molecule has 2 aliphatic rings. The van der Waals surface area contributed by atoms with Gasteiger partial charge in [0.2, 0.25) is 11.8 Å². The maximum Gasteiger partial charge on any atom is 0.342 e. The van der Waals surface area contributed by atoms with Gasteiger partial charge in [0.1, 0.15) is 47.0 Å². The van der Waals surface area contributed by atoms with Crippen LogP contribution >= 0.6 is 23.2 Å². The molecule has 3 heterocycles. The normalized spacial score (nSPS) is 15.2. The number of fused-ring (bicyclic) bond motifs is 3. The number of anilines is 2. The molecule has 0 bridgehead atoms. The number of furan rings is 1. The molecule has 2 fully saturated rings. The Morgan fingerprint density at radius 3 is 1.43 bits per heavy atom. The van der Waals surface area contributed by atoms with Crippen molar-refractivity contribution in [2.24, 2.45) is 0 Å². The first kappa shape index (κ1) is 47.2. The van der Waals surface area contributed by atoms with E-state index in [1.54, 1.807) is 0 Å². The summed E-state index contributed by atoms with van der Waals surface area (Å²) in [6.45, 7) is 4.62. The number of halogens is 2. The zero-order valence-electron chi connectivity index (χ0n) is 36.7. The number of benzene rings is 4. The Balaban J connectivity index is 0.819. The number of nitrogens with one attached hydrogen (secondary N) is 2. The number of aryl methyl sites for hydroxylation is 2. The van der Waals surface area contributed by atoms with Gasteiger partial charge in [0, 0.05) is 87.1 Å². The van der Waals surface area contributed by atoms with E-state index in [1.165, 1.54) is 38.5 Å². The first-order valence-corrected chi connectivity index (χ1v) is 22.7.